The predicted octanol–water partition coefficient (Wildman–Crippen LogP) is 2.15. The Bertz CT molecular complexity index is 418. The van der Waals surface area contributed by atoms with Gasteiger partial charge in [0.05, 0.1) is 13.2 Å². The van der Waals surface area contributed by atoms with E-state index in [2.05, 4.69) is 12.2 Å². The van der Waals surface area contributed by atoms with E-state index in [1.165, 1.54) is 0 Å². The highest BCUT2D eigenvalue weighted by Crippen LogP contribution is 2.21. The van der Waals surface area contributed by atoms with Crippen molar-refractivity contribution in [3.63, 3.8) is 0 Å². The SMILES string of the molecule is COc1ccccc1CC(C)CC(=O)NCCC(C)O. The van der Waals surface area contributed by atoms with Crippen LogP contribution in [0.4, 0.5) is 0 Å². The molecule has 0 saturated carbocycles. The summed E-state index contributed by atoms with van der Waals surface area (Å²) in [6, 6.07) is 7.88. The van der Waals surface area contributed by atoms with Gasteiger partial charge in [-0.15, -0.1) is 0 Å². The van der Waals surface area contributed by atoms with Gasteiger partial charge in [-0.1, -0.05) is 25.1 Å². The fourth-order valence-electron chi connectivity index (χ4n) is 2.13. The Morgan fingerprint density at radius 3 is 2.70 bits per heavy atom. The van der Waals surface area contributed by atoms with Crippen LogP contribution in [0, 0.1) is 5.92 Å². The Hall–Kier alpha value is -1.55. The average Bonchev–Trinajstić information content (AvgIpc) is 2.38. The number of aliphatic hydroxyl groups is 1. The van der Waals surface area contributed by atoms with E-state index in [0.717, 1.165) is 17.7 Å². The van der Waals surface area contributed by atoms with Gasteiger partial charge in [0.1, 0.15) is 5.75 Å². The van der Waals surface area contributed by atoms with Crippen LogP contribution in [-0.2, 0) is 11.2 Å². The Morgan fingerprint density at radius 2 is 2.05 bits per heavy atom. The zero-order valence-electron chi connectivity index (χ0n) is 12.6. The number of methoxy groups -OCH3 is 1. The van der Waals surface area contributed by atoms with Crippen molar-refractivity contribution < 1.29 is 14.6 Å². The summed E-state index contributed by atoms with van der Waals surface area (Å²) in [6.45, 7) is 4.30. The van der Waals surface area contributed by atoms with Gasteiger partial charge >= 0.3 is 0 Å². The largest absolute Gasteiger partial charge is 0.496 e. The van der Waals surface area contributed by atoms with Gasteiger partial charge in [0.15, 0.2) is 0 Å². The molecule has 2 atom stereocenters. The molecule has 0 bridgehead atoms. The van der Waals surface area contributed by atoms with Crippen molar-refractivity contribution >= 4 is 5.91 Å². The molecule has 0 heterocycles. The molecule has 0 spiro atoms. The highest BCUT2D eigenvalue weighted by molar-refractivity contribution is 5.76. The van der Waals surface area contributed by atoms with Crippen molar-refractivity contribution in [2.45, 2.75) is 39.2 Å². The molecule has 1 rings (SSSR count). The summed E-state index contributed by atoms with van der Waals surface area (Å²) < 4.78 is 5.31. The standard InChI is InChI=1S/C16H25NO3/c1-12(11-16(19)17-9-8-13(2)18)10-14-6-4-5-7-15(14)20-3/h4-7,12-13,18H,8-11H2,1-3H3,(H,17,19). The van der Waals surface area contributed by atoms with E-state index >= 15 is 0 Å². The summed E-state index contributed by atoms with van der Waals surface area (Å²) >= 11 is 0. The molecule has 0 radical (unpaired) electrons. The predicted molar refractivity (Wildman–Crippen MR) is 79.8 cm³/mol. The van der Waals surface area contributed by atoms with Gasteiger partial charge in [0.25, 0.3) is 0 Å². The molecule has 2 N–H and O–H groups in total. The first-order valence-electron chi connectivity index (χ1n) is 7.09. The number of nitrogens with one attached hydrogen (secondary N) is 1. The van der Waals surface area contributed by atoms with Crippen LogP contribution in [0.3, 0.4) is 0 Å². The van der Waals surface area contributed by atoms with E-state index in [4.69, 9.17) is 9.84 Å². The number of hydrogen-bond donors (Lipinski definition) is 2. The van der Waals surface area contributed by atoms with Crippen molar-refractivity contribution in [3.8, 4) is 5.75 Å². The van der Waals surface area contributed by atoms with Crippen LogP contribution >= 0.6 is 0 Å². The molecule has 112 valence electrons. The van der Waals surface area contributed by atoms with Crippen molar-refractivity contribution in [1.82, 2.24) is 5.32 Å². The molecular formula is C16H25NO3. The van der Waals surface area contributed by atoms with Gasteiger partial charge in [0, 0.05) is 13.0 Å². The quantitative estimate of drug-likeness (QED) is 0.766. The fourth-order valence-corrected chi connectivity index (χ4v) is 2.13. The second-order valence-electron chi connectivity index (χ2n) is 5.31. The van der Waals surface area contributed by atoms with Crippen LogP contribution in [0.25, 0.3) is 0 Å². The van der Waals surface area contributed by atoms with E-state index in [9.17, 15) is 4.79 Å². The van der Waals surface area contributed by atoms with Crippen molar-refractivity contribution in [2.75, 3.05) is 13.7 Å². The first kappa shape index (κ1) is 16.5. The molecule has 1 aromatic carbocycles. The third-order valence-electron chi connectivity index (χ3n) is 3.18. The Labute approximate surface area is 121 Å². The molecule has 0 aliphatic carbocycles. The minimum atomic E-state index is -0.374. The molecule has 20 heavy (non-hydrogen) atoms. The number of carbonyl (C=O) groups is 1. The number of carbonyl (C=O) groups excluding carboxylic acids is 1. The number of ether oxygens (including phenoxy) is 1. The third-order valence-corrected chi connectivity index (χ3v) is 3.18. The Balaban J connectivity index is 2.39. The summed E-state index contributed by atoms with van der Waals surface area (Å²) in [5, 5.41) is 12.0. The van der Waals surface area contributed by atoms with Crippen molar-refractivity contribution in [3.05, 3.63) is 29.8 Å². The van der Waals surface area contributed by atoms with E-state index in [1.807, 2.05) is 24.3 Å². The lowest BCUT2D eigenvalue weighted by Gasteiger charge is -2.14. The molecule has 0 fully saturated rings. The summed E-state index contributed by atoms with van der Waals surface area (Å²) in [5.41, 5.74) is 1.12. The lowest BCUT2D eigenvalue weighted by atomic mass is 9.97. The van der Waals surface area contributed by atoms with E-state index < -0.39 is 0 Å². The van der Waals surface area contributed by atoms with Crippen molar-refractivity contribution in [2.24, 2.45) is 5.92 Å². The normalized spacial score (nSPS) is 13.6. The van der Waals surface area contributed by atoms with Gasteiger partial charge < -0.3 is 15.2 Å². The number of hydrogen-bond acceptors (Lipinski definition) is 3. The van der Waals surface area contributed by atoms with Gasteiger partial charge in [-0.05, 0) is 37.3 Å². The summed E-state index contributed by atoms with van der Waals surface area (Å²) in [6.07, 6.45) is 1.51. The molecule has 0 saturated heterocycles. The highest BCUT2D eigenvalue weighted by atomic mass is 16.5. The number of benzene rings is 1. The van der Waals surface area contributed by atoms with Gasteiger partial charge in [0.2, 0.25) is 5.91 Å². The highest BCUT2D eigenvalue weighted by Gasteiger charge is 2.12. The molecular weight excluding hydrogens is 254 g/mol. The summed E-state index contributed by atoms with van der Waals surface area (Å²) in [5.74, 6) is 1.15. The first-order valence-corrected chi connectivity index (χ1v) is 7.09. The second-order valence-corrected chi connectivity index (χ2v) is 5.31. The number of aliphatic hydroxyl groups excluding tert-OH is 1. The zero-order valence-corrected chi connectivity index (χ0v) is 12.6. The van der Waals surface area contributed by atoms with Crippen LogP contribution < -0.4 is 10.1 Å². The van der Waals surface area contributed by atoms with Crippen LogP contribution in [0.2, 0.25) is 0 Å². The maximum Gasteiger partial charge on any atom is 0.220 e. The minimum Gasteiger partial charge on any atom is -0.496 e. The Kier molecular flexibility index (Phi) is 7.09. The number of rotatable bonds is 8. The van der Waals surface area contributed by atoms with E-state index in [0.29, 0.717) is 19.4 Å². The molecule has 4 heteroatoms. The Morgan fingerprint density at radius 1 is 1.35 bits per heavy atom. The molecule has 2 unspecified atom stereocenters. The number of para-hydroxylation sites is 1. The topological polar surface area (TPSA) is 58.6 Å². The zero-order chi connectivity index (χ0) is 15.0. The lowest BCUT2D eigenvalue weighted by molar-refractivity contribution is -0.121. The molecule has 0 aliphatic rings. The van der Waals surface area contributed by atoms with Gasteiger partial charge in [-0.2, -0.15) is 0 Å². The van der Waals surface area contributed by atoms with Crippen LogP contribution in [-0.4, -0.2) is 30.8 Å². The van der Waals surface area contributed by atoms with E-state index in [1.54, 1.807) is 14.0 Å². The van der Waals surface area contributed by atoms with Gasteiger partial charge in [-0.3, -0.25) is 4.79 Å². The van der Waals surface area contributed by atoms with Crippen LogP contribution in [0.1, 0.15) is 32.3 Å². The summed E-state index contributed by atoms with van der Waals surface area (Å²) in [7, 11) is 1.66. The van der Waals surface area contributed by atoms with E-state index in [-0.39, 0.29) is 17.9 Å². The maximum absolute atomic E-state index is 11.8. The second kappa shape index (κ2) is 8.59. The van der Waals surface area contributed by atoms with Crippen LogP contribution in [0.15, 0.2) is 24.3 Å². The third kappa shape index (κ3) is 6.06. The molecule has 0 aliphatic heterocycles. The smallest absolute Gasteiger partial charge is 0.220 e. The molecule has 4 nitrogen and oxygen atoms in total. The summed E-state index contributed by atoms with van der Waals surface area (Å²) in [4.78, 5) is 11.8. The lowest BCUT2D eigenvalue weighted by Crippen LogP contribution is -2.28. The first-order chi connectivity index (χ1) is 9.52. The molecule has 1 aromatic rings. The van der Waals surface area contributed by atoms with Crippen LogP contribution in [0.5, 0.6) is 5.75 Å². The maximum atomic E-state index is 11.8. The molecule has 1 amide bonds. The fraction of sp³-hybridized carbons (Fsp3) is 0.562. The van der Waals surface area contributed by atoms with Gasteiger partial charge in [-0.25, -0.2) is 0 Å². The van der Waals surface area contributed by atoms with Crippen molar-refractivity contribution in [1.29, 1.82) is 0 Å². The number of amides is 1. The molecule has 0 aromatic heterocycles. The minimum absolute atomic E-state index is 0.0352. The average molecular weight is 279 g/mol. The monoisotopic (exact) mass is 279 g/mol.